The summed E-state index contributed by atoms with van der Waals surface area (Å²) in [6.45, 7) is 0. The molecule has 0 amide bonds. The molecule has 1 aliphatic rings. The normalized spacial score (nSPS) is 13.6. The van der Waals surface area contributed by atoms with E-state index in [0.717, 1.165) is 46.0 Å². The molecule has 0 radical (unpaired) electrons. The molecule has 0 aliphatic heterocycles. The van der Waals surface area contributed by atoms with Crippen LogP contribution in [0.25, 0.3) is 22.0 Å². The highest BCUT2D eigenvalue weighted by Crippen LogP contribution is 2.40. The molecule has 0 saturated heterocycles. The van der Waals surface area contributed by atoms with Crippen molar-refractivity contribution in [2.24, 2.45) is 7.05 Å². The number of hydrogen-bond acceptors (Lipinski definition) is 3. The van der Waals surface area contributed by atoms with Gasteiger partial charge in [0.2, 0.25) is 0 Å². The van der Waals surface area contributed by atoms with Crippen LogP contribution in [0.2, 0.25) is 0 Å². The zero-order valence-corrected chi connectivity index (χ0v) is 16.7. The van der Waals surface area contributed by atoms with Gasteiger partial charge in [-0.3, -0.25) is 4.98 Å². The van der Waals surface area contributed by atoms with Crippen molar-refractivity contribution in [3.63, 3.8) is 0 Å². The molecule has 1 saturated carbocycles. The summed E-state index contributed by atoms with van der Waals surface area (Å²) in [5.41, 5.74) is 5.85. The Balaban J connectivity index is 1.61. The second-order valence-corrected chi connectivity index (χ2v) is 8.08. The molecule has 4 aromatic rings. The lowest BCUT2D eigenvalue weighted by molar-refractivity contribution is 0.0695. The average Bonchev–Trinajstić information content (AvgIpc) is 3.51. The number of fused-ring (bicyclic) bond motifs is 1. The van der Waals surface area contributed by atoms with E-state index in [4.69, 9.17) is 0 Å². The molecule has 5 rings (SSSR count). The Bertz CT molecular complexity index is 1290. The van der Waals surface area contributed by atoms with Crippen LogP contribution in [-0.2, 0) is 13.5 Å². The number of phenolic OH excluding ortho intramolecular Hbond substituents is 1. The van der Waals surface area contributed by atoms with Gasteiger partial charge in [-0.05, 0) is 71.8 Å². The highest BCUT2D eigenvalue weighted by atomic mass is 16.4. The number of carbonyl (C=O) groups is 1. The van der Waals surface area contributed by atoms with Crippen LogP contribution in [0, 0.1) is 0 Å². The zero-order valence-electron chi connectivity index (χ0n) is 16.7. The summed E-state index contributed by atoms with van der Waals surface area (Å²) >= 11 is 0. The Labute approximate surface area is 174 Å². The number of carboxylic acids is 1. The van der Waals surface area contributed by atoms with E-state index in [-0.39, 0.29) is 11.3 Å². The minimum Gasteiger partial charge on any atom is -0.508 e. The Morgan fingerprint density at radius 3 is 2.73 bits per heavy atom. The van der Waals surface area contributed by atoms with Crippen molar-refractivity contribution in [1.29, 1.82) is 0 Å². The van der Waals surface area contributed by atoms with Crippen LogP contribution in [0.3, 0.4) is 0 Å². The number of aryl methyl sites for hydroxylation is 1. The van der Waals surface area contributed by atoms with Crippen molar-refractivity contribution in [3.8, 4) is 16.9 Å². The SMILES string of the molecule is Cn1ccc2cc(Cc3ncc(C4CC4)cc3C(=O)O)cc(-c3cccc(O)c3)c21. The van der Waals surface area contributed by atoms with Gasteiger partial charge in [-0.25, -0.2) is 4.79 Å². The van der Waals surface area contributed by atoms with Crippen molar-refractivity contribution in [2.75, 3.05) is 0 Å². The predicted octanol–water partition coefficient (Wildman–Crippen LogP) is 5.11. The predicted molar refractivity (Wildman–Crippen MR) is 116 cm³/mol. The Morgan fingerprint density at radius 1 is 1.17 bits per heavy atom. The molecular weight excluding hydrogens is 376 g/mol. The first kappa shape index (κ1) is 18.4. The molecule has 150 valence electrons. The van der Waals surface area contributed by atoms with E-state index in [1.807, 2.05) is 37.6 Å². The van der Waals surface area contributed by atoms with Gasteiger partial charge in [0, 0.05) is 36.8 Å². The number of carboxylic acid groups (broad SMARTS) is 1. The smallest absolute Gasteiger partial charge is 0.337 e. The molecule has 2 heterocycles. The number of nitrogens with zero attached hydrogens (tertiary/aromatic N) is 2. The average molecular weight is 398 g/mol. The number of pyridine rings is 1. The maximum Gasteiger partial charge on any atom is 0.337 e. The third-order valence-corrected chi connectivity index (χ3v) is 5.83. The van der Waals surface area contributed by atoms with Gasteiger partial charge < -0.3 is 14.8 Å². The van der Waals surface area contributed by atoms with E-state index in [1.165, 1.54) is 0 Å². The summed E-state index contributed by atoms with van der Waals surface area (Å²) in [6, 6.07) is 15.2. The van der Waals surface area contributed by atoms with Gasteiger partial charge in [0.05, 0.1) is 16.8 Å². The number of benzene rings is 2. The number of aromatic nitrogens is 2. The first-order valence-corrected chi connectivity index (χ1v) is 10.1. The third kappa shape index (κ3) is 3.32. The second kappa shape index (κ2) is 7.02. The molecule has 5 nitrogen and oxygen atoms in total. The van der Waals surface area contributed by atoms with E-state index in [1.54, 1.807) is 18.2 Å². The van der Waals surface area contributed by atoms with E-state index in [9.17, 15) is 15.0 Å². The number of phenols is 1. The third-order valence-electron chi connectivity index (χ3n) is 5.83. The summed E-state index contributed by atoms with van der Waals surface area (Å²) in [5, 5.41) is 20.8. The first-order chi connectivity index (χ1) is 14.5. The Morgan fingerprint density at radius 2 is 2.00 bits per heavy atom. The van der Waals surface area contributed by atoms with E-state index >= 15 is 0 Å². The minimum atomic E-state index is -0.936. The van der Waals surface area contributed by atoms with Crippen LogP contribution >= 0.6 is 0 Å². The number of aromatic hydroxyl groups is 1. The topological polar surface area (TPSA) is 75.4 Å². The van der Waals surface area contributed by atoms with Gasteiger partial charge in [0.15, 0.2) is 0 Å². The maximum atomic E-state index is 11.9. The lowest BCUT2D eigenvalue weighted by atomic mass is 9.96. The maximum absolute atomic E-state index is 11.9. The molecule has 0 spiro atoms. The van der Waals surface area contributed by atoms with Gasteiger partial charge >= 0.3 is 5.97 Å². The van der Waals surface area contributed by atoms with Crippen LogP contribution in [-0.4, -0.2) is 25.7 Å². The Kier molecular flexibility index (Phi) is 4.31. The molecule has 30 heavy (non-hydrogen) atoms. The van der Waals surface area contributed by atoms with Crippen molar-refractivity contribution in [3.05, 3.63) is 83.3 Å². The van der Waals surface area contributed by atoms with Crippen LogP contribution in [0.15, 0.2) is 60.9 Å². The largest absolute Gasteiger partial charge is 0.508 e. The van der Waals surface area contributed by atoms with Gasteiger partial charge in [0.1, 0.15) is 5.75 Å². The van der Waals surface area contributed by atoms with Crippen LogP contribution in [0.4, 0.5) is 0 Å². The fraction of sp³-hybridized carbons (Fsp3) is 0.200. The molecule has 5 heteroatoms. The van der Waals surface area contributed by atoms with Crippen LogP contribution in [0.5, 0.6) is 5.75 Å². The lowest BCUT2D eigenvalue weighted by Crippen LogP contribution is -2.07. The molecule has 0 atom stereocenters. The lowest BCUT2D eigenvalue weighted by Gasteiger charge is -2.12. The molecule has 1 fully saturated rings. The van der Waals surface area contributed by atoms with E-state index in [2.05, 4.69) is 21.7 Å². The quantitative estimate of drug-likeness (QED) is 0.490. The minimum absolute atomic E-state index is 0.214. The second-order valence-electron chi connectivity index (χ2n) is 8.08. The number of rotatable bonds is 5. The van der Waals surface area contributed by atoms with Crippen molar-refractivity contribution >= 4 is 16.9 Å². The van der Waals surface area contributed by atoms with Crippen molar-refractivity contribution in [1.82, 2.24) is 9.55 Å². The summed E-state index contributed by atoms with van der Waals surface area (Å²) in [5.74, 6) is -0.262. The van der Waals surface area contributed by atoms with Crippen LogP contribution in [0.1, 0.15) is 45.9 Å². The molecule has 2 aromatic heterocycles. The standard InChI is InChI=1S/C25H22N2O3/c1-27-8-7-18-9-15(10-21(24(18)27)17-3-2-4-20(28)12-17)11-23-22(25(29)30)13-19(14-26-23)16-5-6-16/h2-4,7-10,12-14,16,28H,5-6,11H2,1H3,(H,29,30). The van der Waals surface area contributed by atoms with Gasteiger partial charge in [-0.15, -0.1) is 0 Å². The fourth-order valence-electron chi connectivity index (χ4n) is 4.17. The molecular formula is C25H22N2O3. The molecule has 1 aliphatic carbocycles. The Hall–Kier alpha value is -3.60. The summed E-state index contributed by atoms with van der Waals surface area (Å²) in [4.78, 5) is 16.4. The van der Waals surface area contributed by atoms with Crippen molar-refractivity contribution in [2.45, 2.75) is 25.2 Å². The summed E-state index contributed by atoms with van der Waals surface area (Å²) < 4.78 is 2.06. The zero-order chi connectivity index (χ0) is 20.8. The fourth-order valence-corrected chi connectivity index (χ4v) is 4.17. The first-order valence-electron chi connectivity index (χ1n) is 10.1. The van der Waals surface area contributed by atoms with Gasteiger partial charge in [-0.1, -0.05) is 12.1 Å². The highest BCUT2D eigenvalue weighted by Gasteiger charge is 2.26. The molecule has 2 aromatic carbocycles. The van der Waals surface area contributed by atoms with Gasteiger partial charge in [0.25, 0.3) is 0 Å². The highest BCUT2D eigenvalue weighted by molar-refractivity contribution is 5.96. The molecule has 0 unspecified atom stereocenters. The van der Waals surface area contributed by atoms with Gasteiger partial charge in [-0.2, -0.15) is 0 Å². The monoisotopic (exact) mass is 398 g/mol. The summed E-state index contributed by atoms with van der Waals surface area (Å²) in [6.07, 6.45) is 6.49. The van der Waals surface area contributed by atoms with Crippen molar-refractivity contribution < 1.29 is 15.0 Å². The number of hydrogen-bond donors (Lipinski definition) is 2. The van der Waals surface area contributed by atoms with E-state index < -0.39 is 5.97 Å². The number of aromatic carboxylic acids is 1. The molecule has 0 bridgehead atoms. The summed E-state index contributed by atoms with van der Waals surface area (Å²) in [7, 11) is 2.00. The molecule has 2 N–H and O–H groups in total. The van der Waals surface area contributed by atoms with E-state index in [0.29, 0.717) is 18.0 Å². The van der Waals surface area contributed by atoms with Crippen LogP contribution < -0.4 is 0 Å².